The number of ether oxygens (including phenoxy) is 7. The minimum Gasteiger partial charge on any atom is -0.497 e. The third-order valence-corrected chi connectivity index (χ3v) is 12.0. The van der Waals surface area contributed by atoms with Crippen molar-refractivity contribution in [2.24, 2.45) is 11.8 Å². The van der Waals surface area contributed by atoms with Crippen LogP contribution in [0.25, 0.3) is 0 Å². The zero-order valence-corrected chi connectivity index (χ0v) is 43.6. The molecule has 0 saturated carbocycles. The summed E-state index contributed by atoms with van der Waals surface area (Å²) in [4.78, 5) is 63.4. The van der Waals surface area contributed by atoms with Crippen LogP contribution in [0.15, 0.2) is 122 Å². The maximum absolute atomic E-state index is 13.8. The summed E-state index contributed by atoms with van der Waals surface area (Å²) in [5, 5.41) is 3.17. The Morgan fingerprint density at radius 1 is 0.639 bits per heavy atom. The van der Waals surface area contributed by atoms with Gasteiger partial charge in [0.25, 0.3) is 0 Å². The van der Waals surface area contributed by atoms with Gasteiger partial charge >= 0.3 is 17.9 Å². The Hall–Kier alpha value is -6.35. The summed E-state index contributed by atoms with van der Waals surface area (Å²) in [6.07, 6.45) is 10.0. The van der Waals surface area contributed by atoms with E-state index in [1.807, 2.05) is 97.1 Å². The number of Topliss-reactive ketones (excluding diaryl/α,β-unsaturated/α-hetero) is 1. The highest BCUT2D eigenvalue weighted by molar-refractivity contribution is 6.01. The molecule has 0 aliphatic carbocycles. The molecular weight excluding hydrogens is 917 g/mol. The van der Waals surface area contributed by atoms with Crippen molar-refractivity contribution >= 4 is 29.6 Å². The van der Waals surface area contributed by atoms with Crippen LogP contribution < -0.4 is 14.8 Å². The molecule has 4 aromatic rings. The van der Waals surface area contributed by atoms with Crippen molar-refractivity contribution in [1.29, 1.82) is 0 Å². The molecule has 2 unspecified atom stereocenters. The van der Waals surface area contributed by atoms with Crippen molar-refractivity contribution in [3.8, 4) is 11.5 Å². The predicted octanol–water partition coefficient (Wildman–Crippen LogP) is 10.1. The van der Waals surface area contributed by atoms with E-state index in [9.17, 15) is 24.0 Å². The largest absolute Gasteiger partial charge is 0.497 e. The van der Waals surface area contributed by atoms with E-state index in [4.69, 9.17) is 28.4 Å². The summed E-state index contributed by atoms with van der Waals surface area (Å²) in [6.45, 7) is 11.0. The molecule has 0 radical (unpaired) electrons. The van der Waals surface area contributed by atoms with E-state index in [0.717, 1.165) is 66.5 Å². The minimum atomic E-state index is -0.995. The highest BCUT2D eigenvalue weighted by Gasteiger charge is 2.37. The molecule has 14 heteroatoms. The summed E-state index contributed by atoms with van der Waals surface area (Å²) in [7, 11) is 5.88. The SMILES string of the molecule is C=C1OC(=O)C1CCCCCC.CCCCCCC(C(C)=O)C(=O)N(Cc1ccc(OC)cc1)[C@@H](COCc1ccccc1)C(=O)OC.COC(=O)[C@H](COCc1ccccc1)NCc1ccc(OC)cc1. The fourth-order valence-corrected chi connectivity index (χ4v) is 7.63. The lowest BCUT2D eigenvalue weighted by molar-refractivity contribution is -0.159. The normalized spacial score (nSPS) is 13.8. The van der Waals surface area contributed by atoms with E-state index in [2.05, 4.69) is 30.5 Å². The van der Waals surface area contributed by atoms with E-state index < -0.39 is 24.0 Å². The smallest absolute Gasteiger partial charge is 0.331 e. The Kier molecular flexibility index (Phi) is 29.0. The quantitative estimate of drug-likeness (QED) is 0.0227. The average molecular weight is 995 g/mol. The second-order valence-electron chi connectivity index (χ2n) is 17.5. The first kappa shape index (κ1) is 60.0. The van der Waals surface area contributed by atoms with E-state index in [1.165, 1.54) is 45.3 Å². The van der Waals surface area contributed by atoms with Gasteiger partial charge in [0.05, 0.1) is 60.8 Å². The number of methoxy groups -OCH3 is 4. The van der Waals surface area contributed by atoms with Crippen LogP contribution in [-0.4, -0.2) is 88.2 Å². The number of carbonyl (C=O) groups excluding carboxylic acids is 5. The average Bonchev–Trinajstić information content (AvgIpc) is 3.40. The van der Waals surface area contributed by atoms with Gasteiger partial charge in [0, 0.05) is 13.1 Å². The first-order chi connectivity index (χ1) is 34.9. The van der Waals surface area contributed by atoms with Gasteiger partial charge in [0.1, 0.15) is 35.0 Å². The van der Waals surface area contributed by atoms with E-state index in [0.29, 0.717) is 31.1 Å². The van der Waals surface area contributed by atoms with E-state index in [1.54, 1.807) is 26.4 Å². The molecule has 1 N–H and O–H groups in total. The van der Waals surface area contributed by atoms with Gasteiger partial charge in [0.15, 0.2) is 6.04 Å². The number of esters is 3. The first-order valence-electron chi connectivity index (χ1n) is 25.0. The molecule has 0 aromatic heterocycles. The molecule has 4 atom stereocenters. The number of rotatable bonds is 30. The van der Waals surface area contributed by atoms with Crippen LogP contribution in [-0.2, 0) is 74.0 Å². The molecule has 5 rings (SSSR count). The summed E-state index contributed by atoms with van der Waals surface area (Å²) in [5.74, 6) is -0.246. The highest BCUT2D eigenvalue weighted by Crippen LogP contribution is 2.29. The van der Waals surface area contributed by atoms with Gasteiger partial charge in [-0.15, -0.1) is 0 Å². The first-order valence-corrected chi connectivity index (χ1v) is 25.0. The van der Waals surface area contributed by atoms with Crippen LogP contribution in [0, 0.1) is 11.8 Å². The van der Waals surface area contributed by atoms with Crippen molar-refractivity contribution in [2.75, 3.05) is 41.7 Å². The standard InChI is InChI=1S/C29H39NO6.C19H23NO4.C10H16O2/c1-5-6-7-11-14-26(22(2)31)28(32)30(19-23-15-17-25(34-3)18-16-23)27(29(33)35-4)21-36-20-24-12-9-8-10-13-24;1-22-17-10-8-15(9-11-17)12-20-18(19(21)23-2)14-24-13-16-6-4-3-5-7-16;1-3-4-5-6-7-9-8(2)12-10(9)11/h8-10,12-13,15-18,26-27H,5-7,11,14,19-21H2,1-4H3;3-11,18,20H,12-14H2,1-2H3;9H,2-7H2,1H3/t26?,27-;18-;/m00./s1. The minimum absolute atomic E-state index is 0.0156. The number of nitrogens with zero attached hydrogens (tertiary/aromatic N) is 1. The second kappa shape index (κ2) is 34.9. The van der Waals surface area contributed by atoms with Crippen LogP contribution >= 0.6 is 0 Å². The molecule has 392 valence electrons. The van der Waals surface area contributed by atoms with E-state index >= 15 is 0 Å². The predicted molar refractivity (Wildman–Crippen MR) is 278 cm³/mol. The van der Waals surface area contributed by atoms with Crippen LogP contribution in [0.1, 0.15) is 107 Å². The molecule has 1 saturated heterocycles. The second-order valence-corrected chi connectivity index (χ2v) is 17.5. The van der Waals surface area contributed by atoms with Gasteiger partial charge < -0.3 is 38.1 Å². The molecule has 0 spiro atoms. The number of ketones is 1. The molecule has 72 heavy (non-hydrogen) atoms. The zero-order chi connectivity index (χ0) is 52.5. The Balaban J connectivity index is 0.000000323. The fourth-order valence-electron chi connectivity index (χ4n) is 7.63. The third kappa shape index (κ3) is 22.0. The lowest BCUT2D eigenvalue weighted by Gasteiger charge is -2.32. The van der Waals surface area contributed by atoms with Crippen molar-refractivity contribution < 1.29 is 57.1 Å². The van der Waals surface area contributed by atoms with Gasteiger partial charge in [-0.3, -0.25) is 24.5 Å². The van der Waals surface area contributed by atoms with Crippen LogP contribution in [0.4, 0.5) is 0 Å². The summed E-state index contributed by atoms with van der Waals surface area (Å²) < 4.78 is 36.4. The monoisotopic (exact) mass is 995 g/mol. The summed E-state index contributed by atoms with van der Waals surface area (Å²) in [6, 6.07) is 32.8. The molecule has 1 aliphatic rings. The zero-order valence-electron chi connectivity index (χ0n) is 43.6. The maximum atomic E-state index is 13.8. The molecule has 14 nitrogen and oxygen atoms in total. The highest BCUT2D eigenvalue weighted by atomic mass is 16.6. The van der Waals surface area contributed by atoms with Gasteiger partial charge in [-0.2, -0.15) is 0 Å². The van der Waals surface area contributed by atoms with Crippen molar-refractivity contribution in [3.05, 3.63) is 144 Å². The number of unbranched alkanes of at least 4 members (excludes halogenated alkanes) is 6. The van der Waals surface area contributed by atoms with Crippen molar-refractivity contribution in [1.82, 2.24) is 10.2 Å². The topological polar surface area (TPSA) is 165 Å². The van der Waals surface area contributed by atoms with Gasteiger partial charge in [-0.1, -0.05) is 157 Å². The van der Waals surface area contributed by atoms with Crippen LogP contribution in [0.5, 0.6) is 11.5 Å². The number of hydrogen-bond donors (Lipinski definition) is 1. The van der Waals surface area contributed by atoms with Crippen molar-refractivity contribution in [3.63, 3.8) is 0 Å². The Morgan fingerprint density at radius 2 is 1.15 bits per heavy atom. The van der Waals surface area contributed by atoms with Gasteiger partial charge in [-0.05, 0) is 66.3 Å². The Labute approximate surface area is 427 Å². The Bertz CT molecular complexity index is 2170. The maximum Gasteiger partial charge on any atom is 0.331 e. The molecule has 0 bridgehead atoms. The fraction of sp³-hybridized carbons (Fsp3) is 0.466. The summed E-state index contributed by atoms with van der Waals surface area (Å²) in [5.41, 5.74) is 3.87. The number of amides is 1. The molecule has 1 amide bonds. The molecule has 1 fully saturated rings. The number of hydrogen-bond acceptors (Lipinski definition) is 13. The number of nitrogens with one attached hydrogen (secondary N) is 1. The van der Waals surface area contributed by atoms with Gasteiger partial charge in [-0.25, -0.2) is 4.79 Å². The lowest BCUT2D eigenvalue weighted by atomic mass is 9.94. The van der Waals surface area contributed by atoms with Crippen molar-refractivity contribution in [2.45, 2.75) is 123 Å². The number of benzene rings is 4. The molecule has 1 aliphatic heterocycles. The summed E-state index contributed by atoms with van der Waals surface area (Å²) >= 11 is 0. The molecule has 1 heterocycles. The van der Waals surface area contributed by atoms with E-state index in [-0.39, 0.29) is 55.9 Å². The number of carbonyl (C=O) groups is 5. The van der Waals surface area contributed by atoms with Crippen LogP contribution in [0.3, 0.4) is 0 Å². The molecular formula is C58H78N2O12. The Morgan fingerprint density at radius 3 is 1.62 bits per heavy atom. The van der Waals surface area contributed by atoms with Crippen LogP contribution in [0.2, 0.25) is 0 Å². The van der Waals surface area contributed by atoms with Gasteiger partial charge in [0.2, 0.25) is 5.91 Å². The third-order valence-electron chi connectivity index (χ3n) is 12.0. The molecule has 4 aromatic carbocycles. The number of cyclic esters (lactones) is 1. The lowest BCUT2D eigenvalue weighted by Crippen LogP contribution is -2.51.